The van der Waals surface area contributed by atoms with Crippen molar-refractivity contribution < 1.29 is 22.6 Å². The summed E-state index contributed by atoms with van der Waals surface area (Å²) < 4.78 is 50.7. The summed E-state index contributed by atoms with van der Waals surface area (Å²) in [5.74, 6) is 0.887. The van der Waals surface area contributed by atoms with Gasteiger partial charge in [-0.25, -0.2) is 9.97 Å². The van der Waals surface area contributed by atoms with Gasteiger partial charge in [-0.15, -0.1) is 0 Å². The maximum absolute atomic E-state index is 13.3. The van der Waals surface area contributed by atoms with Gasteiger partial charge in [-0.3, -0.25) is 4.98 Å². The van der Waals surface area contributed by atoms with E-state index in [-0.39, 0.29) is 29.8 Å². The van der Waals surface area contributed by atoms with Gasteiger partial charge in [0, 0.05) is 24.8 Å². The van der Waals surface area contributed by atoms with Gasteiger partial charge in [0.05, 0.1) is 26.4 Å². The molecule has 0 aromatic carbocycles. The summed E-state index contributed by atoms with van der Waals surface area (Å²) in [6.07, 6.45) is -2.14. The topological polar surface area (TPSA) is 98.2 Å². The average molecular weight is 435 g/mol. The van der Waals surface area contributed by atoms with Crippen molar-refractivity contribution in [3.8, 4) is 5.88 Å². The number of nitrogens with one attached hydrogen (secondary N) is 1. The van der Waals surface area contributed by atoms with Crippen LogP contribution in [0.5, 0.6) is 5.88 Å². The van der Waals surface area contributed by atoms with Crippen LogP contribution >= 0.6 is 0 Å². The van der Waals surface area contributed by atoms with Crippen LogP contribution in [0.3, 0.4) is 0 Å². The fourth-order valence-electron chi connectivity index (χ4n) is 3.38. The first-order chi connectivity index (χ1) is 14.9. The van der Waals surface area contributed by atoms with E-state index in [4.69, 9.17) is 9.47 Å². The Balaban J connectivity index is 1.75. The number of hydrogen-bond donors (Lipinski definition) is 1. The van der Waals surface area contributed by atoms with Gasteiger partial charge in [0.2, 0.25) is 11.8 Å². The monoisotopic (exact) mass is 435 g/mol. The molecule has 1 atom stereocenters. The Morgan fingerprint density at radius 3 is 2.84 bits per heavy atom. The molecule has 1 unspecified atom stereocenters. The van der Waals surface area contributed by atoms with Crippen LogP contribution in [-0.2, 0) is 17.5 Å². The molecule has 0 spiro atoms. The highest BCUT2D eigenvalue weighted by Crippen LogP contribution is 2.32. The number of morpholine rings is 1. The van der Waals surface area contributed by atoms with E-state index in [1.807, 2.05) is 11.8 Å². The molecule has 1 aliphatic heterocycles. The standard InChI is InChI=1S/C19H20F3N7O2/c1-11-9-31-7-6-29(11)18-27-15(13-16(28-18)25-10-26-17(13)30-2)24-8-12-4-3-5-23-14(12)19(20,21)22/h3-5,10-11H,6-9H2,1-2H3,(H,24,25,26,27,28). The zero-order chi connectivity index (χ0) is 22.0. The molecule has 1 aliphatic rings. The lowest BCUT2D eigenvalue weighted by atomic mass is 10.2. The number of aromatic nitrogens is 5. The lowest BCUT2D eigenvalue weighted by molar-refractivity contribution is -0.141. The molecule has 0 amide bonds. The number of nitrogens with zero attached hydrogens (tertiary/aromatic N) is 6. The molecule has 164 valence electrons. The summed E-state index contributed by atoms with van der Waals surface area (Å²) in [5.41, 5.74) is -0.648. The van der Waals surface area contributed by atoms with Crippen LogP contribution in [0.4, 0.5) is 24.9 Å². The van der Waals surface area contributed by atoms with E-state index in [2.05, 4.69) is 30.2 Å². The highest BCUT2D eigenvalue weighted by atomic mass is 19.4. The van der Waals surface area contributed by atoms with Gasteiger partial charge in [0.25, 0.3) is 0 Å². The first kappa shape index (κ1) is 21.0. The third-order valence-electron chi connectivity index (χ3n) is 4.87. The largest absolute Gasteiger partial charge is 0.480 e. The van der Waals surface area contributed by atoms with Gasteiger partial charge in [-0.1, -0.05) is 6.07 Å². The van der Waals surface area contributed by atoms with E-state index in [1.54, 1.807) is 0 Å². The maximum atomic E-state index is 13.3. The lowest BCUT2D eigenvalue weighted by Crippen LogP contribution is -2.44. The number of anilines is 2. The zero-order valence-electron chi connectivity index (χ0n) is 16.8. The molecule has 0 bridgehead atoms. The van der Waals surface area contributed by atoms with E-state index < -0.39 is 11.9 Å². The smallest absolute Gasteiger partial charge is 0.433 e. The highest BCUT2D eigenvalue weighted by Gasteiger charge is 2.35. The van der Waals surface area contributed by atoms with Crippen LogP contribution in [0.25, 0.3) is 11.0 Å². The van der Waals surface area contributed by atoms with Crippen molar-refractivity contribution in [2.24, 2.45) is 0 Å². The normalized spacial score (nSPS) is 17.1. The molecule has 1 N–H and O–H groups in total. The minimum absolute atomic E-state index is 0.0149. The molecule has 0 saturated carbocycles. The van der Waals surface area contributed by atoms with Crippen molar-refractivity contribution in [1.29, 1.82) is 0 Å². The van der Waals surface area contributed by atoms with Crippen molar-refractivity contribution in [3.05, 3.63) is 35.9 Å². The second kappa shape index (κ2) is 8.46. The molecule has 9 nitrogen and oxygen atoms in total. The highest BCUT2D eigenvalue weighted by molar-refractivity contribution is 5.91. The maximum Gasteiger partial charge on any atom is 0.433 e. The molecule has 0 aliphatic carbocycles. The van der Waals surface area contributed by atoms with Gasteiger partial charge in [0.15, 0.2) is 5.65 Å². The van der Waals surface area contributed by atoms with Gasteiger partial charge in [-0.2, -0.15) is 23.1 Å². The molecular weight excluding hydrogens is 415 g/mol. The molecule has 4 heterocycles. The predicted octanol–water partition coefficient (Wildman–Crippen LogP) is 2.68. The summed E-state index contributed by atoms with van der Waals surface area (Å²) in [6.45, 7) is 3.43. The summed E-state index contributed by atoms with van der Waals surface area (Å²) in [5, 5.41) is 3.36. The van der Waals surface area contributed by atoms with Gasteiger partial charge in [0.1, 0.15) is 23.2 Å². The third-order valence-corrected chi connectivity index (χ3v) is 4.87. The summed E-state index contributed by atoms with van der Waals surface area (Å²) in [7, 11) is 1.44. The van der Waals surface area contributed by atoms with E-state index in [9.17, 15) is 13.2 Å². The second-order valence-corrected chi connectivity index (χ2v) is 6.93. The Morgan fingerprint density at radius 1 is 1.26 bits per heavy atom. The van der Waals surface area contributed by atoms with Gasteiger partial charge >= 0.3 is 6.18 Å². The molecule has 1 saturated heterocycles. The van der Waals surface area contributed by atoms with Crippen LogP contribution in [0.1, 0.15) is 18.2 Å². The van der Waals surface area contributed by atoms with E-state index in [0.29, 0.717) is 36.7 Å². The minimum Gasteiger partial charge on any atom is -0.480 e. The molecule has 1 fully saturated rings. The average Bonchev–Trinajstić information content (AvgIpc) is 2.76. The molecule has 3 aromatic heterocycles. The van der Waals surface area contributed by atoms with Crippen LogP contribution < -0.4 is 15.0 Å². The molecule has 31 heavy (non-hydrogen) atoms. The minimum atomic E-state index is -4.57. The second-order valence-electron chi connectivity index (χ2n) is 6.93. The van der Waals surface area contributed by atoms with Crippen LogP contribution in [0, 0.1) is 0 Å². The molecule has 12 heteroatoms. The fourth-order valence-corrected chi connectivity index (χ4v) is 3.38. The summed E-state index contributed by atoms with van der Waals surface area (Å²) in [6, 6.07) is 2.85. The molecule has 4 rings (SSSR count). The summed E-state index contributed by atoms with van der Waals surface area (Å²) >= 11 is 0. The first-order valence-electron chi connectivity index (χ1n) is 9.54. The van der Waals surface area contributed by atoms with Crippen LogP contribution in [0.2, 0.25) is 0 Å². The number of ether oxygens (including phenoxy) is 2. The quantitative estimate of drug-likeness (QED) is 0.649. The van der Waals surface area contributed by atoms with Crippen molar-refractivity contribution in [3.63, 3.8) is 0 Å². The number of hydrogen-bond acceptors (Lipinski definition) is 9. The number of rotatable bonds is 5. The van der Waals surface area contributed by atoms with Crippen LogP contribution in [-0.4, -0.2) is 57.8 Å². The number of alkyl halides is 3. The number of fused-ring (bicyclic) bond motifs is 1. The Labute approximate surface area is 175 Å². The number of halogens is 3. The lowest BCUT2D eigenvalue weighted by Gasteiger charge is -2.33. The Kier molecular flexibility index (Phi) is 5.72. The molecule has 0 radical (unpaired) electrons. The molecule has 3 aromatic rings. The van der Waals surface area contributed by atoms with Gasteiger partial charge < -0.3 is 19.7 Å². The molecular formula is C19H20F3N7O2. The van der Waals surface area contributed by atoms with Crippen molar-refractivity contribution in [2.75, 3.05) is 37.1 Å². The number of methoxy groups -OCH3 is 1. The Bertz CT molecular complexity index is 1080. The van der Waals surface area contributed by atoms with Crippen molar-refractivity contribution in [1.82, 2.24) is 24.9 Å². The zero-order valence-corrected chi connectivity index (χ0v) is 16.8. The SMILES string of the molecule is COc1ncnc2nc(N3CCOCC3C)nc(NCc3cccnc3C(F)(F)F)c12. The number of pyridine rings is 1. The van der Waals surface area contributed by atoms with E-state index in [0.717, 1.165) is 6.20 Å². The third kappa shape index (κ3) is 4.29. The Hall–Kier alpha value is -3.28. The summed E-state index contributed by atoms with van der Waals surface area (Å²) in [4.78, 5) is 22.8. The van der Waals surface area contributed by atoms with Crippen molar-refractivity contribution in [2.45, 2.75) is 25.7 Å². The van der Waals surface area contributed by atoms with E-state index in [1.165, 1.54) is 25.6 Å². The Morgan fingerprint density at radius 2 is 2.10 bits per heavy atom. The van der Waals surface area contributed by atoms with Gasteiger partial charge in [-0.05, 0) is 13.0 Å². The van der Waals surface area contributed by atoms with E-state index >= 15 is 0 Å². The van der Waals surface area contributed by atoms with Crippen LogP contribution in [0.15, 0.2) is 24.7 Å². The fraction of sp³-hybridized carbons (Fsp3) is 0.421. The van der Waals surface area contributed by atoms with Crippen molar-refractivity contribution >= 4 is 22.8 Å². The predicted molar refractivity (Wildman–Crippen MR) is 106 cm³/mol. The first-order valence-corrected chi connectivity index (χ1v) is 9.54.